The Balaban J connectivity index is 1.89. The number of halogens is 3. The molecule has 1 aromatic rings. The summed E-state index contributed by atoms with van der Waals surface area (Å²) in [7, 11) is 0. The number of nitrogens with zero attached hydrogens (tertiary/aromatic N) is 2. The van der Waals surface area contributed by atoms with E-state index in [1.54, 1.807) is 18.5 Å². The van der Waals surface area contributed by atoms with Crippen molar-refractivity contribution < 1.29 is 17.9 Å². The predicted molar refractivity (Wildman–Crippen MR) is 90.4 cm³/mol. The maximum absolute atomic E-state index is 13.4. The zero-order valence-electron chi connectivity index (χ0n) is 14.0. The zero-order valence-corrected chi connectivity index (χ0v) is 14.0. The van der Waals surface area contributed by atoms with Gasteiger partial charge in [-0.1, -0.05) is 6.07 Å². The molecule has 0 radical (unpaired) electrons. The summed E-state index contributed by atoms with van der Waals surface area (Å²) in [6.07, 6.45) is 3.72. The summed E-state index contributed by atoms with van der Waals surface area (Å²) >= 11 is 0. The van der Waals surface area contributed by atoms with Crippen LogP contribution in [0.1, 0.15) is 19.4 Å². The molecule has 0 saturated carbocycles. The second-order valence-corrected chi connectivity index (χ2v) is 5.95. The van der Waals surface area contributed by atoms with E-state index in [9.17, 15) is 13.2 Å². The standard InChI is InChI=1S/C17H21F3N4O/c1-11-13(14(21)5-6-23-11)9-22-7-12-3-4-15(24-8-12)25-10-17(2,20)16(18)19/h3-6,8-9,14,16,23H,7,10,21H2,1-2H3. The zero-order chi connectivity index (χ0) is 18.4. The smallest absolute Gasteiger partial charge is 0.275 e. The third kappa shape index (κ3) is 5.32. The van der Waals surface area contributed by atoms with Gasteiger partial charge in [0, 0.05) is 29.7 Å². The van der Waals surface area contributed by atoms with Gasteiger partial charge in [-0.3, -0.25) is 4.99 Å². The Labute approximate surface area is 144 Å². The van der Waals surface area contributed by atoms with Gasteiger partial charge in [-0.05, 0) is 31.7 Å². The largest absolute Gasteiger partial charge is 0.474 e. The van der Waals surface area contributed by atoms with E-state index in [2.05, 4.69) is 15.3 Å². The molecular formula is C17H21F3N4O. The van der Waals surface area contributed by atoms with E-state index in [1.807, 2.05) is 13.0 Å². The molecule has 5 nitrogen and oxygen atoms in total. The molecule has 2 unspecified atom stereocenters. The van der Waals surface area contributed by atoms with Gasteiger partial charge >= 0.3 is 0 Å². The first-order valence-corrected chi connectivity index (χ1v) is 7.74. The van der Waals surface area contributed by atoms with E-state index in [1.165, 1.54) is 12.3 Å². The monoisotopic (exact) mass is 354 g/mol. The highest BCUT2D eigenvalue weighted by atomic mass is 19.3. The first-order chi connectivity index (χ1) is 11.8. The van der Waals surface area contributed by atoms with E-state index in [0.29, 0.717) is 6.54 Å². The topological polar surface area (TPSA) is 72.5 Å². The van der Waals surface area contributed by atoms with Crippen LogP contribution in [-0.2, 0) is 6.54 Å². The predicted octanol–water partition coefficient (Wildman–Crippen LogP) is 2.74. The molecule has 1 aliphatic rings. The number of pyridine rings is 1. The fourth-order valence-corrected chi connectivity index (χ4v) is 2.01. The van der Waals surface area contributed by atoms with Crippen molar-refractivity contribution in [2.24, 2.45) is 10.7 Å². The third-order valence-electron chi connectivity index (χ3n) is 3.65. The number of nitrogens with two attached hydrogens (primary N) is 1. The molecule has 1 aromatic heterocycles. The Bertz CT molecular complexity index is 669. The Morgan fingerprint density at radius 3 is 2.84 bits per heavy atom. The average Bonchev–Trinajstić information content (AvgIpc) is 2.56. The van der Waals surface area contributed by atoms with E-state index >= 15 is 0 Å². The Hall–Kier alpha value is -2.35. The van der Waals surface area contributed by atoms with Crippen LogP contribution >= 0.6 is 0 Å². The summed E-state index contributed by atoms with van der Waals surface area (Å²) in [5.74, 6) is 0.0828. The molecule has 0 amide bonds. The van der Waals surface area contributed by atoms with Crippen molar-refractivity contribution in [2.75, 3.05) is 6.61 Å². The van der Waals surface area contributed by atoms with Crippen LogP contribution in [-0.4, -0.2) is 35.9 Å². The van der Waals surface area contributed by atoms with Crippen LogP contribution in [0.2, 0.25) is 0 Å². The highest BCUT2D eigenvalue weighted by Crippen LogP contribution is 2.21. The fraction of sp³-hybridized carbons (Fsp3) is 0.412. The lowest BCUT2D eigenvalue weighted by molar-refractivity contribution is -0.0490. The van der Waals surface area contributed by atoms with Crippen LogP contribution in [0, 0.1) is 0 Å². The number of hydrogen-bond donors (Lipinski definition) is 2. The van der Waals surface area contributed by atoms with Gasteiger partial charge in [-0.25, -0.2) is 18.2 Å². The van der Waals surface area contributed by atoms with Crippen molar-refractivity contribution in [1.29, 1.82) is 0 Å². The highest BCUT2D eigenvalue weighted by molar-refractivity contribution is 5.82. The van der Waals surface area contributed by atoms with E-state index < -0.39 is 18.7 Å². The molecular weight excluding hydrogens is 333 g/mol. The van der Waals surface area contributed by atoms with Gasteiger partial charge in [0.25, 0.3) is 6.43 Å². The average molecular weight is 354 g/mol. The number of alkyl halides is 3. The first kappa shape index (κ1) is 19.0. The number of allylic oxidation sites excluding steroid dienone is 1. The molecule has 25 heavy (non-hydrogen) atoms. The van der Waals surface area contributed by atoms with Gasteiger partial charge in [0.1, 0.15) is 6.61 Å². The van der Waals surface area contributed by atoms with Crippen LogP contribution in [0.3, 0.4) is 0 Å². The molecule has 2 atom stereocenters. The molecule has 0 bridgehead atoms. The van der Waals surface area contributed by atoms with E-state index in [0.717, 1.165) is 23.8 Å². The number of aromatic nitrogens is 1. The number of rotatable bonds is 7. The Kier molecular flexibility index (Phi) is 6.19. The van der Waals surface area contributed by atoms with Gasteiger partial charge in [0.2, 0.25) is 11.5 Å². The fourth-order valence-electron chi connectivity index (χ4n) is 2.01. The molecule has 0 spiro atoms. The summed E-state index contributed by atoms with van der Waals surface area (Å²) in [5, 5.41) is 3.07. The van der Waals surface area contributed by atoms with Gasteiger partial charge in [0.05, 0.1) is 12.6 Å². The molecule has 0 fully saturated rings. The van der Waals surface area contributed by atoms with Gasteiger partial charge < -0.3 is 15.8 Å². The quantitative estimate of drug-likeness (QED) is 0.739. The van der Waals surface area contributed by atoms with Crippen LogP contribution in [0.5, 0.6) is 5.88 Å². The first-order valence-electron chi connectivity index (χ1n) is 7.74. The SMILES string of the molecule is CC1=C(C=NCc2ccc(OCC(C)(F)C(F)F)nc2)C(N)C=CN1. The molecule has 8 heteroatoms. The van der Waals surface area contributed by atoms with Crippen molar-refractivity contribution in [2.45, 2.75) is 38.5 Å². The minimum Gasteiger partial charge on any atom is -0.474 e. The van der Waals surface area contributed by atoms with Crippen molar-refractivity contribution >= 4 is 6.21 Å². The maximum atomic E-state index is 13.4. The molecule has 0 saturated heterocycles. The van der Waals surface area contributed by atoms with Crippen LogP contribution in [0.25, 0.3) is 0 Å². The van der Waals surface area contributed by atoms with Crippen molar-refractivity contribution in [3.63, 3.8) is 0 Å². The molecule has 3 N–H and O–H groups in total. The van der Waals surface area contributed by atoms with Crippen LogP contribution in [0.4, 0.5) is 13.2 Å². The number of ether oxygens (including phenoxy) is 1. The molecule has 0 aliphatic carbocycles. The van der Waals surface area contributed by atoms with Crippen molar-refractivity contribution in [1.82, 2.24) is 10.3 Å². The van der Waals surface area contributed by atoms with Crippen molar-refractivity contribution in [3.8, 4) is 5.88 Å². The Morgan fingerprint density at radius 1 is 1.48 bits per heavy atom. The number of hydrogen-bond acceptors (Lipinski definition) is 5. The normalized spacial score (nSPS) is 20.0. The summed E-state index contributed by atoms with van der Waals surface area (Å²) in [6.45, 7) is 2.31. The molecule has 136 valence electrons. The number of nitrogens with one attached hydrogen (secondary N) is 1. The molecule has 2 heterocycles. The highest BCUT2D eigenvalue weighted by Gasteiger charge is 2.36. The van der Waals surface area contributed by atoms with Gasteiger partial charge in [0.15, 0.2) is 0 Å². The minimum absolute atomic E-state index is 0.0828. The lowest BCUT2D eigenvalue weighted by atomic mass is 10.0. The van der Waals surface area contributed by atoms with Gasteiger partial charge in [-0.2, -0.15) is 0 Å². The second-order valence-electron chi connectivity index (χ2n) is 5.95. The van der Waals surface area contributed by atoms with E-state index in [-0.39, 0.29) is 11.9 Å². The lowest BCUT2D eigenvalue weighted by Crippen LogP contribution is -2.35. The summed E-state index contributed by atoms with van der Waals surface area (Å²) in [5.41, 5.74) is 5.89. The minimum atomic E-state index is -3.12. The molecule has 2 rings (SSSR count). The lowest BCUT2D eigenvalue weighted by Gasteiger charge is -2.19. The van der Waals surface area contributed by atoms with Crippen LogP contribution < -0.4 is 15.8 Å². The van der Waals surface area contributed by atoms with E-state index in [4.69, 9.17) is 10.5 Å². The molecule has 0 aromatic carbocycles. The summed E-state index contributed by atoms with van der Waals surface area (Å²) < 4.78 is 43.2. The summed E-state index contributed by atoms with van der Waals surface area (Å²) in [4.78, 5) is 8.30. The van der Waals surface area contributed by atoms with Crippen molar-refractivity contribution in [3.05, 3.63) is 47.4 Å². The third-order valence-corrected chi connectivity index (χ3v) is 3.65. The van der Waals surface area contributed by atoms with Gasteiger partial charge in [-0.15, -0.1) is 0 Å². The Morgan fingerprint density at radius 2 is 2.24 bits per heavy atom. The number of aliphatic imine (C=N–C) groups is 1. The van der Waals surface area contributed by atoms with Crippen LogP contribution in [0.15, 0.2) is 46.9 Å². The summed E-state index contributed by atoms with van der Waals surface area (Å²) in [6, 6.07) is 2.98. The molecule has 1 aliphatic heterocycles. The second kappa shape index (κ2) is 8.15. The number of dihydropyridines is 1. The maximum Gasteiger partial charge on any atom is 0.275 e.